The molecule has 0 spiro atoms. The molecule has 0 amide bonds. The third-order valence-corrected chi connectivity index (χ3v) is 4.00. The van der Waals surface area contributed by atoms with Gasteiger partial charge in [0.25, 0.3) is 0 Å². The molecule has 19 heavy (non-hydrogen) atoms. The summed E-state index contributed by atoms with van der Waals surface area (Å²) in [5.74, 6) is 0.612. The van der Waals surface area contributed by atoms with Crippen LogP contribution < -0.4 is 0 Å². The number of esters is 1. The topological polar surface area (TPSA) is 29.5 Å². The summed E-state index contributed by atoms with van der Waals surface area (Å²) in [5.41, 5.74) is 1.76. The lowest BCUT2D eigenvalue weighted by atomic mass is 9.85. The van der Waals surface area contributed by atoms with Crippen molar-refractivity contribution in [2.75, 3.05) is 20.2 Å². The van der Waals surface area contributed by atoms with Crippen LogP contribution in [-0.4, -0.2) is 31.1 Å². The van der Waals surface area contributed by atoms with Crippen molar-refractivity contribution >= 4 is 5.97 Å². The van der Waals surface area contributed by atoms with Crippen LogP contribution in [0.2, 0.25) is 0 Å². The van der Waals surface area contributed by atoms with Gasteiger partial charge in [-0.2, -0.15) is 0 Å². The Balaban J connectivity index is 2.05. The largest absolute Gasteiger partial charge is 0.465 e. The Morgan fingerprint density at radius 3 is 2.68 bits per heavy atom. The zero-order valence-corrected chi connectivity index (χ0v) is 11.9. The number of ether oxygens (including phenoxy) is 1. The first-order valence-corrected chi connectivity index (χ1v) is 7.13. The van der Waals surface area contributed by atoms with Crippen LogP contribution in [-0.2, 0) is 11.3 Å². The van der Waals surface area contributed by atoms with Crippen LogP contribution in [0.15, 0.2) is 24.3 Å². The predicted molar refractivity (Wildman–Crippen MR) is 76.1 cm³/mol. The maximum absolute atomic E-state index is 11.8. The number of hydrogen-bond donors (Lipinski definition) is 0. The molecule has 0 saturated heterocycles. The van der Waals surface area contributed by atoms with E-state index in [0.29, 0.717) is 5.56 Å². The smallest absolute Gasteiger partial charge is 0.338 e. The zero-order valence-electron chi connectivity index (χ0n) is 11.9. The van der Waals surface area contributed by atoms with Gasteiger partial charge in [-0.15, -0.1) is 0 Å². The summed E-state index contributed by atoms with van der Waals surface area (Å²) >= 11 is 0. The van der Waals surface area contributed by atoms with Crippen molar-refractivity contribution < 1.29 is 9.53 Å². The zero-order chi connectivity index (χ0) is 13.7. The molecular weight excluding hydrogens is 238 g/mol. The molecule has 1 aliphatic rings. The molecule has 1 aliphatic carbocycles. The van der Waals surface area contributed by atoms with Gasteiger partial charge < -0.3 is 4.74 Å². The van der Waals surface area contributed by atoms with Crippen LogP contribution in [0.4, 0.5) is 0 Å². The van der Waals surface area contributed by atoms with Crippen molar-refractivity contribution in [2.24, 2.45) is 5.92 Å². The molecule has 0 N–H and O–H groups in total. The second kappa shape index (κ2) is 6.71. The lowest BCUT2D eigenvalue weighted by molar-refractivity contribution is 0.0598. The summed E-state index contributed by atoms with van der Waals surface area (Å²) in [6.07, 6.45) is 4.09. The molecule has 1 aromatic rings. The van der Waals surface area contributed by atoms with Gasteiger partial charge in [-0.1, -0.05) is 31.5 Å². The van der Waals surface area contributed by atoms with Crippen LogP contribution in [0, 0.1) is 5.92 Å². The van der Waals surface area contributed by atoms with E-state index in [9.17, 15) is 4.79 Å². The molecule has 104 valence electrons. The number of methoxy groups -OCH3 is 1. The van der Waals surface area contributed by atoms with Gasteiger partial charge in [-0.25, -0.2) is 4.79 Å². The maximum Gasteiger partial charge on any atom is 0.338 e. The molecule has 0 unspecified atom stereocenters. The number of hydrogen-bond acceptors (Lipinski definition) is 3. The highest BCUT2D eigenvalue weighted by atomic mass is 16.5. The van der Waals surface area contributed by atoms with Gasteiger partial charge in [0, 0.05) is 13.1 Å². The van der Waals surface area contributed by atoms with Gasteiger partial charge in [0.15, 0.2) is 0 Å². The summed E-state index contributed by atoms with van der Waals surface area (Å²) in [5, 5.41) is 0. The number of carbonyl (C=O) groups is 1. The quantitative estimate of drug-likeness (QED) is 0.737. The molecule has 1 saturated carbocycles. The minimum Gasteiger partial charge on any atom is -0.465 e. The normalized spacial score (nSPS) is 15.3. The van der Waals surface area contributed by atoms with E-state index in [1.54, 1.807) is 0 Å². The molecule has 1 fully saturated rings. The first kappa shape index (κ1) is 14.1. The molecule has 0 heterocycles. The Kier molecular flexibility index (Phi) is 4.97. The fourth-order valence-electron chi connectivity index (χ4n) is 2.55. The van der Waals surface area contributed by atoms with Gasteiger partial charge in [0.05, 0.1) is 12.7 Å². The highest BCUT2D eigenvalue weighted by molar-refractivity contribution is 5.90. The summed E-state index contributed by atoms with van der Waals surface area (Å²) in [4.78, 5) is 14.2. The molecule has 2 rings (SSSR count). The summed E-state index contributed by atoms with van der Waals surface area (Å²) in [6, 6.07) is 7.74. The van der Waals surface area contributed by atoms with Crippen molar-refractivity contribution in [3.8, 4) is 0 Å². The van der Waals surface area contributed by atoms with Gasteiger partial charge >= 0.3 is 5.97 Å². The first-order chi connectivity index (χ1) is 9.24. The molecule has 0 aliphatic heterocycles. The molecule has 0 atom stereocenters. The molecular formula is C16H23NO2. The molecule has 0 radical (unpaired) electrons. The average Bonchev–Trinajstić information content (AvgIpc) is 2.41. The molecule has 0 bridgehead atoms. The Labute approximate surface area is 115 Å². The van der Waals surface area contributed by atoms with E-state index in [2.05, 4.69) is 11.8 Å². The third-order valence-electron chi connectivity index (χ3n) is 4.00. The van der Waals surface area contributed by atoms with Crippen molar-refractivity contribution in [1.29, 1.82) is 0 Å². The summed E-state index contributed by atoms with van der Waals surface area (Å²) in [7, 11) is 1.44. The van der Waals surface area contributed by atoms with Gasteiger partial charge in [0.2, 0.25) is 0 Å². The van der Waals surface area contributed by atoms with E-state index in [-0.39, 0.29) is 5.97 Å². The lowest BCUT2D eigenvalue weighted by Crippen LogP contribution is -2.32. The maximum atomic E-state index is 11.8. The van der Waals surface area contributed by atoms with E-state index in [0.717, 1.165) is 31.1 Å². The monoisotopic (exact) mass is 261 g/mol. The number of nitrogens with zero attached hydrogens (tertiary/aromatic N) is 1. The van der Waals surface area contributed by atoms with Gasteiger partial charge in [-0.3, -0.25) is 4.90 Å². The molecule has 1 aromatic carbocycles. The molecule has 3 heteroatoms. The van der Waals surface area contributed by atoms with Gasteiger partial charge in [0.1, 0.15) is 0 Å². The van der Waals surface area contributed by atoms with E-state index in [1.165, 1.54) is 26.4 Å². The SMILES string of the molecule is CCN(Cc1ccccc1C(=O)OC)CC1CCC1. The standard InChI is InChI=1S/C16H23NO2/c1-3-17(11-13-7-6-8-13)12-14-9-4-5-10-15(14)16(18)19-2/h4-5,9-10,13H,3,6-8,11-12H2,1-2H3. The van der Waals surface area contributed by atoms with E-state index in [1.807, 2.05) is 24.3 Å². The van der Waals surface area contributed by atoms with Crippen molar-refractivity contribution in [3.05, 3.63) is 35.4 Å². The number of rotatable bonds is 6. The van der Waals surface area contributed by atoms with E-state index < -0.39 is 0 Å². The number of benzene rings is 1. The Morgan fingerprint density at radius 2 is 2.11 bits per heavy atom. The van der Waals surface area contributed by atoms with Crippen molar-refractivity contribution in [1.82, 2.24) is 4.90 Å². The van der Waals surface area contributed by atoms with Crippen LogP contribution in [0.25, 0.3) is 0 Å². The van der Waals surface area contributed by atoms with Crippen molar-refractivity contribution in [2.45, 2.75) is 32.7 Å². The van der Waals surface area contributed by atoms with Crippen LogP contribution >= 0.6 is 0 Å². The Morgan fingerprint density at radius 1 is 1.37 bits per heavy atom. The minimum absolute atomic E-state index is 0.240. The van der Waals surface area contributed by atoms with Crippen LogP contribution in [0.1, 0.15) is 42.1 Å². The average molecular weight is 261 g/mol. The van der Waals surface area contributed by atoms with Crippen LogP contribution in [0.3, 0.4) is 0 Å². The molecule has 0 aromatic heterocycles. The van der Waals surface area contributed by atoms with E-state index >= 15 is 0 Å². The Hall–Kier alpha value is -1.35. The fourth-order valence-corrected chi connectivity index (χ4v) is 2.55. The molecule has 3 nitrogen and oxygen atoms in total. The van der Waals surface area contributed by atoms with Crippen molar-refractivity contribution in [3.63, 3.8) is 0 Å². The summed E-state index contributed by atoms with van der Waals surface area (Å²) < 4.78 is 4.85. The fraction of sp³-hybridized carbons (Fsp3) is 0.562. The van der Waals surface area contributed by atoms with E-state index in [4.69, 9.17) is 4.74 Å². The minimum atomic E-state index is -0.240. The second-order valence-corrected chi connectivity index (χ2v) is 5.27. The third kappa shape index (κ3) is 3.57. The van der Waals surface area contributed by atoms with Gasteiger partial charge in [-0.05, 0) is 36.9 Å². The number of carbonyl (C=O) groups excluding carboxylic acids is 1. The predicted octanol–water partition coefficient (Wildman–Crippen LogP) is 3.10. The second-order valence-electron chi connectivity index (χ2n) is 5.27. The highest BCUT2D eigenvalue weighted by Gasteiger charge is 2.21. The highest BCUT2D eigenvalue weighted by Crippen LogP contribution is 2.27. The van der Waals surface area contributed by atoms with Crippen LogP contribution in [0.5, 0.6) is 0 Å². The Bertz CT molecular complexity index is 427. The lowest BCUT2D eigenvalue weighted by Gasteiger charge is -2.32. The summed E-state index contributed by atoms with van der Waals surface area (Å²) in [6.45, 7) is 5.18. The first-order valence-electron chi connectivity index (χ1n) is 7.13.